The highest BCUT2D eigenvalue weighted by Crippen LogP contribution is 2.25. The van der Waals surface area contributed by atoms with Crippen LogP contribution in [0.15, 0.2) is 23.1 Å². The van der Waals surface area contributed by atoms with E-state index in [4.69, 9.17) is 5.11 Å². The lowest BCUT2D eigenvalue weighted by molar-refractivity contribution is 0.250. The topological polar surface area (TPSA) is 32.3 Å². The Kier molecular flexibility index (Phi) is 7.40. The second-order valence-electron chi connectivity index (χ2n) is 4.89. The maximum atomic E-state index is 9.07. The second-order valence-corrected chi connectivity index (χ2v) is 5.95. The Morgan fingerprint density at radius 3 is 2.83 bits per heavy atom. The molecule has 0 bridgehead atoms. The number of aryl methyl sites for hydroxylation is 1. The molecule has 0 saturated heterocycles. The molecule has 2 N–H and O–H groups in total. The van der Waals surface area contributed by atoms with Gasteiger partial charge >= 0.3 is 0 Å². The Bertz CT molecular complexity index is 354. The molecule has 0 aliphatic heterocycles. The maximum Gasteiger partial charge on any atom is 0.0464 e. The van der Waals surface area contributed by atoms with E-state index in [0.717, 1.165) is 25.3 Å². The van der Waals surface area contributed by atoms with E-state index in [1.165, 1.54) is 16.0 Å². The summed E-state index contributed by atoms with van der Waals surface area (Å²) in [5, 5.41) is 12.5. The fourth-order valence-electron chi connectivity index (χ4n) is 1.67. The van der Waals surface area contributed by atoms with Crippen molar-refractivity contribution in [2.75, 3.05) is 18.9 Å². The molecule has 1 unspecified atom stereocenters. The predicted octanol–water partition coefficient (Wildman–Crippen LogP) is 3.22. The summed E-state index contributed by atoms with van der Waals surface area (Å²) < 4.78 is 0. The minimum Gasteiger partial charge on any atom is -0.396 e. The van der Waals surface area contributed by atoms with Gasteiger partial charge in [-0.25, -0.2) is 0 Å². The third-order valence-corrected chi connectivity index (χ3v) is 4.24. The second kappa shape index (κ2) is 8.57. The van der Waals surface area contributed by atoms with E-state index in [-0.39, 0.29) is 6.61 Å². The van der Waals surface area contributed by atoms with Crippen LogP contribution < -0.4 is 5.32 Å². The van der Waals surface area contributed by atoms with Gasteiger partial charge in [0.15, 0.2) is 0 Å². The summed E-state index contributed by atoms with van der Waals surface area (Å²) in [6.45, 7) is 8.66. The van der Waals surface area contributed by atoms with E-state index < -0.39 is 0 Å². The van der Waals surface area contributed by atoms with E-state index in [1.807, 2.05) is 11.8 Å². The Morgan fingerprint density at radius 1 is 1.39 bits per heavy atom. The van der Waals surface area contributed by atoms with Crippen LogP contribution in [0.4, 0.5) is 0 Å². The summed E-state index contributed by atoms with van der Waals surface area (Å²) in [6, 6.07) is 6.62. The average molecular weight is 267 g/mol. The highest BCUT2D eigenvalue weighted by atomic mass is 32.2. The largest absolute Gasteiger partial charge is 0.396 e. The third-order valence-electron chi connectivity index (χ3n) is 2.79. The third kappa shape index (κ3) is 5.42. The van der Waals surface area contributed by atoms with Crippen molar-refractivity contribution in [1.82, 2.24) is 5.32 Å². The Morgan fingerprint density at radius 2 is 2.17 bits per heavy atom. The molecule has 0 radical (unpaired) electrons. The van der Waals surface area contributed by atoms with Crippen molar-refractivity contribution in [3.8, 4) is 0 Å². The molecule has 0 heterocycles. The Hall–Kier alpha value is -0.510. The van der Waals surface area contributed by atoms with Gasteiger partial charge in [0, 0.05) is 23.8 Å². The lowest BCUT2D eigenvalue weighted by atomic mass is 10.1. The standard InChI is InChI=1S/C15H25NOS/c1-4-7-16-9-14-8-12(2)5-6-15(14)18-11-13(3)10-17/h5-6,8,13,16-17H,4,7,9-11H2,1-3H3. The van der Waals surface area contributed by atoms with Crippen molar-refractivity contribution < 1.29 is 5.11 Å². The molecule has 2 nitrogen and oxygen atoms in total. The highest BCUT2D eigenvalue weighted by Gasteiger charge is 2.06. The fourth-order valence-corrected chi connectivity index (χ4v) is 2.72. The van der Waals surface area contributed by atoms with E-state index >= 15 is 0 Å². The van der Waals surface area contributed by atoms with Gasteiger partial charge < -0.3 is 10.4 Å². The van der Waals surface area contributed by atoms with Gasteiger partial charge in [0.1, 0.15) is 0 Å². The van der Waals surface area contributed by atoms with Crippen molar-refractivity contribution in [2.24, 2.45) is 5.92 Å². The van der Waals surface area contributed by atoms with Gasteiger partial charge in [0.25, 0.3) is 0 Å². The SMILES string of the molecule is CCCNCc1cc(C)ccc1SCC(C)CO. The van der Waals surface area contributed by atoms with Gasteiger partial charge in [0.2, 0.25) is 0 Å². The maximum absolute atomic E-state index is 9.07. The molecule has 1 rings (SSSR count). The molecule has 0 aliphatic rings. The van der Waals surface area contributed by atoms with Crippen LogP contribution in [-0.4, -0.2) is 24.0 Å². The van der Waals surface area contributed by atoms with Crippen molar-refractivity contribution in [1.29, 1.82) is 0 Å². The van der Waals surface area contributed by atoms with Crippen molar-refractivity contribution in [3.63, 3.8) is 0 Å². The van der Waals surface area contributed by atoms with Gasteiger partial charge in [-0.1, -0.05) is 31.5 Å². The molecule has 0 saturated carbocycles. The fraction of sp³-hybridized carbons (Fsp3) is 0.600. The molecule has 1 atom stereocenters. The monoisotopic (exact) mass is 267 g/mol. The number of aliphatic hydroxyl groups excluding tert-OH is 1. The van der Waals surface area contributed by atoms with Crippen LogP contribution in [-0.2, 0) is 6.54 Å². The number of nitrogens with one attached hydrogen (secondary N) is 1. The molecule has 0 aromatic heterocycles. The first-order chi connectivity index (χ1) is 8.67. The zero-order valence-electron chi connectivity index (χ0n) is 11.7. The molecule has 0 aliphatic carbocycles. The summed E-state index contributed by atoms with van der Waals surface area (Å²) in [4.78, 5) is 1.34. The summed E-state index contributed by atoms with van der Waals surface area (Å²) >= 11 is 1.85. The quantitative estimate of drug-likeness (QED) is 0.560. The van der Waals surface area contributed by atoms with E-state index in [0.29, 0.717) is 5.92 Å². The Labute approximate surface area is 115 Å². The van der Waals surface area contributed by atoms with Crippen LogP contribution in [0.3, 0.4) is 0 Å². The van der Waals surface area contributed by atoms with Gasteiger partial charge in [-0.05, 0) is 37.4 Å². The van der Waals surface area contributed by atoms with E-state index in [2.05, 4.69) is 44.3 Å². The first kappa shape index (κ1) is 15.5. The van der Waals surface area contributed by atoms with E-state index in [9.17, 15) is 0 Å². The molecular formula is C15H25NOS. The van der Waals surface area contributed by atoms with Crippen molar-refractivity contribution >= 4 is 11.8 Å². The van der Waals surface area contributed by atoms with Gasteiger partial charge in [-0.15, -0.1) is 11.8 Å². The van der Waals surface area contributed by atoms with Crippen LogP contribution >= 0.6 is 11.8 Å². The first-order valence-electron chi connectivity index (χ1n) is 6.71. The smallest absolute Gasteiger partial charge is 0.0464 e. The number of thioether (sulfide) groups is 1. The number of hydrogen-bond donors (Lipinski definition) is 2. The molecule has 0 amide bonds. The van der Waals surface area contributed by atoms with Crippen LogP contribution in [0.1, 0.15) is 31.4 Å². The van der Waals surface area contributed by atoms with Crippen molar-refractivity contribution in [2.45, 2.75) is 38.6 Å². The normalized spacial score (nSPS) is 12.7. The molecule has 1 aromatic carbocycles. The minimum absolute atomic E-state index is 0.266. The van der Waals surface area contributed by atoms with Crippen LogP contribution in [0.2, 0.25) is 0 Å². The van der Waals surface area contributed by atoms with Crippen LogP contribution in [0.25, 0.3) is 0 Å². The summed E-state index contributed by atoms with van der Waals surface area (Å²) in [7, 11) is 0. The highest BCUT2D eigenvalue weighted by molar-refractivity contribution is 7.99. The predicted molar refractivity (Wildman–Crippen MR) is 80.2 cm³/mol. The summed E-state index contributed by atoms with van der Waals surface area (Å²) in [5.41, 5.74) is 2.68. The lowest BCUT2D eigenvalue weighted by Gasteiger charge is -2.13. The van der Waals surface area contributed by atoms with Crippen LogP contribution in [0, 0.1) is 12.8 Å². The van der Waals surface area contributed by atoms with Crippen molar-refractivity contribution in [3.05, 3.63) is 29.3 Å². The molecule has 0 fully saturated rings. The molecular weight excluding hydrogens is 242 g/mol. The molecule has 18 heavy (non-hydrogen) atoms. The average Bonchev–Trinajstić information content (AvgIpc) is 2.37. The number of benzene rings is 1. The van der Waals surface area contributed by atoms with Gasteiger partial charge in [-0.2, -0.15) is 0 Å². The van der Waals surface area contributed by atoms with Gasteiger partial charge in [-0.3, -0.25) is 0 Å². The zero-order valence-corrected chi connectivity index (χ0v) is 12.5. The number of rotatable bonds is 8. The molecule has 0 spiro atoms. The molecule has 102 valence electrons. The first-order valence-corrected chi connectivity index (χ1v) is 7.69. The number of hydrogen-bond acceptors (Lipinski definition) is 3. The van der Waals surface area contributed by atoms with E-state index in [1.54, 1.807) is 0 Å². The number of aliphatic hydroxyl groups is 1. The molecule has 3 heteroatoms. The minimum atomic E-state index is 0.266. The van der Waals surface area contributed by atoms with Gasteiger partial charge in [0.05, 0.1) is 0 Å². The Balaban J connectivity index is 2.63. The zero-order chi connectivity index (χ0) is 13.4. The van der Waals surface area contributed by atoms with Crippen LogP contribution in [0.5, 0.6) is 0 Å². The molecule has 1 aromatic rings. The summed E-state index contributed by atoms with van der Waals surface area (Å²) in [5.74, 6) is 1.33. The summed E-state index contributed by atoms with van der Waals surface area (Å²) in [6.07, 6.45) is 1.16. The lowest BCUT2D eigenvalue weighted by Crippen LogP contribution is -2.14.